The number of benzene rings is 2. The average Bonchev–Trinajstić information content (AvgIpc) is 2.55. The van der Waals surface area contributed by atoms with E-state index < -0.39 is 0 Å². The third-order valence-corrected chi connectivity index (χ3v) is 4.99. The van der Waals surface area contributed by atoms with Crippen molar-refractivity contribution in [1.82, 2.24) is 5.32 Å². The van der Waals surface area contributed by atoms with E-state index in [1.54, 1.807) is 0 Å². The predicted molar refractivity (Wildman–Crippen MR) is 88.0 cm³/mol. The molecule has 0 radical (unpaired) electrons. The zero-order chi connectivity index (χ0) is 14.7. The Morgan fingerprint density at radius 2 is 1.76 bits per heavy atom. The molecule has 1 N–H and O–H groups in total. The van der Waals surface area contributed by atoms with Gasteiger partial charge in [-0.25, -0.2) is 0 Å². The summed E-state index contributed by atoms with van der Waals surface area (Å²) in [6.07, 6.45) is 5.48. The Balaban J connectivity index is 1.90. The van der Waals surface area contributed by atoms with Gasteiger partial charge in [-0.05, 0) is 29.7 Å². The molecule has 0 aliphatic heterocycles. The number of fused-ring (bicyclic) bond motifs is 1. The van der Waals surface area contributed by atoms with E-state index >= 15 is 0 Å². The van der Waals surface area contributed by atoms with Crippen LogP contribution in [0, 0.1) is 0 Å². The zero-order valence-corrected chi connectivity index (χ0v) is 12.8. The lowest BCUT2D eigenvalue weighted by Gasteiger charge is -2.36. The van der Waals surface area contributed by atoms with Crippen molar-refractivity contribution in [3.8, 4) is 0 Å². The van der Waals surface area contributed by atoms with Gasteiger partial charge in [0.05, 0.1) is 5.54 Å². The molecule has 1 aliphatic carbocycles. The Kier molecular flexibility index (Phi) is 4.16. The quantitative estimate of drug-likeness (QED) is 0.830. The molecule has 0 bridgehead atoms. The normalized spacial score (nSPS) is 17.6. The number of carbonyl (C=O) groups excluding carboxylic acids is 1. The van der Waals surface area contributed by atoms with Crippen LogP contribution < -0.4 is 5.32 Å². The predicted octanol–water partition coefficient (Wildman–Crippen LogP) is 4.51. The van der Waals surface area contributed by atoms with Crippen molar-refractivity contribution in [2.45, 2.75) is 37.6 Å². The highest BCUT2D eigenvalue weighted by atomic mass is 35.5. The van der Waals surface area contributed by atoms with Crippen LogP contribution in [-0.4, -0.2) is 17.3 Å². The highest BCUT2D eigenvalue weighted by molar-refractivity contribution is 6.19. The van der Waals surface area contributed by atoms with Gasteiger partial charge in [-0.2, -0.15) is 0 Å². The van der Waals surface area contributed by atoms with Crippen molar-refractivity contribution < 1.29 is 4.79 Å². The number of carbonyl (C=O) groups is 1. The Morgan fingerprint density at radius 1 is 1.05 bits per heavy atom. The number of hydrogen-bond donors (Lipinski definition) is 1. The van der Waals surface area contributed by atoms with Gasteiger partial charge in [-0.3, -0.25) is 4.79 Å². The summed E-state index contributed by atoms with van der Waals surface area (Å²) in [7, 11) is 0. The van der Waals surface area contributed by atoms with Crippen molar-refractivity contribution in [3.05, 3.63) is 48.0 Å². The molecular formula is C18H20ClNO. The second-order valence-corrected chi connectivity index (χ2v) is 6.22. The molecule has 0 unspecified atom stereocenters. The molecule has 0 saturated heterocycles. The molecule has 1 amide bonds. The molecule has 0 atom stereocenters. The Morgan fingerprint density at radius 3 is 2.52 bits per heavy atom. The number of halogens is 1. The van der Waals surface area contributed by atoms with Crippen LogP contribution in [0.2, 0.25) is 0 Å². The third kappa shape index (κ3) is 2.91. The lowest BCUT2D eigenvalue weighted by atomic mass is 9.83. The number of rotatable bonds is 3. The first-order valence-electron chi connectivity index (χ1n) is 7.60. The van der Waals surface area contributed by atoms with Gasteiger partial charge in [0.1, 0.15) is 0 Å². The molecule has 110 valence electrons. The Bertz CT molecular complexity index is 641. The van der Waals surface area contributed by atoms with Crippen LogP contribution in [0.25, 0.3) is 10.8 Å². The summed E-state index contributed by atoms with van der Waals surface area (Å²) >= 11 is 6.17. The van der Waals surface area contributed by atoms with E-state index in [4.69, 9.17) is 11.6 Å². The summed E-state index contributed by atoms with van der Waals surface area (Å²) in [6.45, 7) is 0. The van der Waals surface area contributed by atoms with Gasteiger partial charge in [0.15, 0.2) is 0 Å². The molecular weight excluding hydrogens is 282 g/mol. The van der Waals surface area contributed by atoms with E-state index in [0.717, 1.165) is 42.0 Å². The number of amides is 1. The molecule has 2 aromatic rings. The lowest BCUT2D eigenvalue weighted by Crippen LogP contribution is -2.51. The van der Waals surface area contributed by atoms with Gasteiger partial charge in [0, 0.05) is 11.4 Å². The lowest BCUT2D eigenvalue weighted by molar-refractivity contribution is 0.0886. The Labute approximate surface area is 130 Å². The van der Waals surface area contributed by atoms with Crippen LogP contribution in [0.15, 0.2) is 42.5 Å². The van der Waals surface area contributed by atoms with Crippen LogP contribution in [-0.2, 0) is 0 Å². The molecule has 2 nitrogen and oxygen atoms in total. The minimum absolute atomic E-state index is 0.00523. The standard InChI is InChI=1S/C18H20ClNO/c19-13-18(11-4-1-5-12-18)20-17(21)16-10-6-8-14-7-2-3-9-15(14)16/h2-3,6-10H,1,4-5,11-13H2,(H,20,21). The SMILES string of the molecule is O=C(NC1(CCl)CCCCC1)c1cccc2ccccc12. The fourth-order valence-corrected chi connectivity index (χ4v) is 3.59. The molecule has 1 aliphatic rings. The van der Waals surface area contributed by atoms with Crippen molar-refractivity contribution in [2.75, 3.05) is 5.88 Å². The Hall–Kier alpha value is -1.54. The highest BCUT2D eigenvalue weighted by Gasteiger charge is 2.33. The van der Waals surface area contributed by atoms with Crippen molar-refractivity contribution in [1.29, 1.82) is 0 Å². The number of hydrogen-bond acceptors (Lipinski definition) is 1. The molecule has 0 heterocycles. The maximum Gasteiger partial charge on any atom is 0.252 e. The minimum atomic E-state index is -0.228. The number of nitrogens with one attached hydrogen (secondary N) is 1. The van der Waals surface area contributed by atoms with Gasteiger partial charge in [0.25, 0.3) is 5.91 Å². The first-order valence-corrected chi connectivity index (χ1v) is 8.14. The van der Waals surface area contributed by atoms with Crippen molar-refractivity contribution >= 4 is 28.3 Å². The first-order chi connectivity index (χ1) is 10.2. The molecule has 3 rings (SSSR count). The molecule has 1 saturated carbocycles. The zero-order valence-electron chi connectivity index (χ0n) is 12.1. The van der Waals surface area contributed by atoms with Crippen LogP contribution in [0.1, 0.15) is 42.5 Å². The summed E-state index contributed by atoms with van der Waals surface area (Å²) in [5, 5.41) is 5.31. The molecule has 21 heavy (non-hydrogen) atoms. The van der Waals surface area contributed by atoms with Gasteiger partial charge >= 0.3 is 0 Å². The summed E-state index contributed by atoms with van der Waals surface area (Å²) in [5.41, 5.74) is 0.511. The summed E-state index contributed by atoms with van der Waals surface area (Å²) in [5.74, 6) is 0.484. The van der Waals surface area contributed by atoms with Crippen LogP contribution in [0.4, 0.5) is 0 Å². The van der Waals surface area contributed by atoms with Crippen LogP contribution in [0.5, 0.6) is 0 Å². The van der Waals surface area contributed by atoms with E-state index in [-0.39, 0.29) is 11.4 Å². The van der Waals surface area contributed by atoms with Gasteiger partial charge in [0.2, 0.25) is 0 Å². The summed E-state index contributed by atoms with van der Waals surface area (Å²) in [4.78, 5) is 12.7. The first kappa shape index (κ1) is 14.4. The fourth-order valence-electron chi connectivity index (χ4n) is 3.25. The minimum Gasteiger partial charge on any atom is -0.345 e. The third-order valence-electron chi connectivity index (χ3n) is 4.48. The summed E-state index contributed by atoms with van der Waals surface area (Å²) in [6, 6.07) is 13.9. The largest absolute Gasteiger partial charge is 0.345 e. The molecule has 0 aromatic heterocycles. The maximum atomic E-state index is 12.7. The van der Waals surface area contributed by atoms with E-state index in [2.05, 4.69) is 5.32 Å². The average molecular weight is 302 g/mol. The van der Waals surface area contributed by atoms with Crippen LogP contribution >= 0.6 is 11.6 Å². The van der Waals surface area contributed by atoms with Crippen LogP contribution in [0.3, 0.4) is 0 Å². The van der Waals surface area contributed by atoms with E-state index in [9.17, 15) is 4.79 Å². The molecule has 3 heteroatoms. The number of alkyl halides is 1. The second kappa shape index (κ2) is 6.07. The highest BCUT2D eigenvalue weighted by Crippen LogP contribution is 2.30. The van der Waals surface area contributed by atoms with Crippen molar-refractivity contribution in [3.63, 3.8) is 0 Å². The molecule has 2 aromatic carbocycles. The summed E-state index contributed by atoms with van der Waals surface area (Å²) < 4.78 is 0. The fraction of sp³-hybridized carbons (Fsp3) is 0.389. The smallest absolute Gasteiger partial charge is 0.252 e. The molecule has 0 spiro atoms. The molecule has 1 fully saturated rings. The van der Waals surface area contributed by atoms with Gasteiger partial charge in [-0.1, -0.05) is 55.7 Å². The van der Waals surface area contributed by atoms with Crippen molar-refractivity contribution in [2.24, 2.45) is 0 Å². The van der Waals surface area contributed by atoms with Gasteiger partial charge in [-0.15, -0.1) is 11.6 Å². The van der Waals surface area contributed by atoms with E-state index in [1.807, 2.05) is 42.5 Å². The van der Waals surface area contributed by atoms with E-state index in [1.165, 1.54) is 6.42 Å². The topological polar surface area (TPSA) is 29.1 Å². The van der Waals surface area contributed by atoms with E-state index in [0.29, 0.717) is 5.88 Å². The second-order valence-electron chi connectivity index (χ2n) is 5.96. The van der Waals surface area contributed by atoms with Gasteiger partial charge < -0.3 is 5.32 Å². The monoisotopic (exact) mass is 301 g/mol. The maximum absolute atomic E-state index is 12.7.